The minimum absolute atomic E-state index is 0.0752. The van der Waals surface area contributed by atoms with Gasteiger partial charge in [-0.05, 0) is 85.8 Å². The maximum Gasteiger partial charge on any atom is 0.233 e. The fraction of sp³-hybridized carbons (Fsp3) is 0.263. The number of oxazole rings is 3. The van der Waals surface area contributed by atoms with Crippen molar-refractivity contribution < 1.29 is 22.7 Å². The molecule has 7 aromatic rings. The van der Waals surface area contributed by atoms with Gasteiger partial charge >= 0.3 is 0 Å². The molecule has 1 fully saturated rings. The van der Waals surface area contributed by atoms with Crippen LogP contribution in [-0.4, -0.2) is 53.7 Å². The van der Waals surface area contributed by atoms with Crippen molar-refractivity contribution in [1.29, 1.82) is 5.26 Å². The van der Waals surface area contributed by atoms with Gasteiger partial charge in [0.15, 0.2) is 16.7 Å². The second kappa shape index (κ2) is 12.5. The van der Waals surface area contributed by atoms with E-state index in [1.54, 1.807) is 14.2 Å². The SMILES string of the molecule is COc1ccccc1CCN1CCC(c2cccc3oc(-c4c(OC)ccc5oc(-c6cccc7oc(CC#N)nc67)nc45)nc23)CC1. The van der Waals surface area contributed by atoms with Crippen LogP contribution in [-0.2, 0) is 12.8 Å². The summed E-state index contributed by atoms with van der Waals surface area (Å²) in [4.78, 5) is 17.0. The van der Waals surface area contributed by atoms with E-state index in [1.807, 2.05) is 54.6 Å². The van der Waals surface area contributed by atoms with E-state index in [1.165, 1.54) is 11.1 Å². The van der Waals surface area contributed by atoms with Gasteiger partial charge in [0.05, 0.1) is 25.9 Å². The van der Waals surface area contributed by atoms with Gasteiger partial charge in [0.25, 0.3) is 0 Å². The van der Waals surface area contributed by atoms with Crippen LogP contribution < -0.4 is 9.47 Å². The lowest BCUT2D eigenvalue weighted by Crippen LogP contribution is -2.34. The normalized spacial score (nSPS) is 14.2. The molecule has 10 heteroatoms. The third kappa shape index (κ3) is 5.32. The number of nitrogens with zero attached hydrogens (tertiary/aromatic N) is 5. The van der Waals surface area contributed by atoms with E-state index >= 15 is 0 Å². The molecule has 4 heterocycles. The maximum atomic E-state index is 9.13. The molecule has 8 rings (SSSR count). The van der Waals surface area contributed by atoms with Gasteiger partial charge in [-0.2, -0.15) is 5.26 Å². The van der Waals surface area contributed by atoms with Crippen LogP contribution in [0.5, 0.6) is 11.5 Å². The van der Waals surface area contributed by atoms with Gasteiger partial charge in [0.1, 0.15) is 40.0 Å². The largest absolute Gasteiger partial charge is 0.496 e. The lowest BCUT2D eigenvalue weighted by atomic mass is 9.88. The Bertz CT molecular complexity index is 2300. The maximum absolute atomic E-state index is 9.13. The molecule has 0 bridgehead atoms. The number of hydrogen-bond donors (Lipinski definition) is 0. The number of nitriles is 1. The van der Waals surface area contributed by atoms with Gasteiger partial charge in [0, 0.05) is 6.54 Å². The molecule has 0 spiro atoms. The van der Waals surface area contributed by atoms with E-state index in [2.05, 4.69) is 34.2 Å². The number of likely N-dealkylation sites (tertiary alicyclic amines) is 1. The molecule has 1 saturated heterocycles. The minimum Gasteiger partial charge on any atom is -0.496 e. The number of aromatic nitrogens is 3. The van der Waals surface area contributed by atoms with Crippen LogP contribution in [0.2, 0.25) is 0 Å². The van der Waals surface area contributed by atoms with Crippen LogP contribution in [0.25, 0.3) is 56.2 Å². The van der Waals surface area contributed by atoms with Crippen molar-refractivity contribution in [3.8, 4) is 40.5 Å². The number of rotatable bonds is 9. The van der Waals surface area contributed by atoms with Crippen LogP contribution in [0, 0.1) is 11.3 Å². The summed E-state index contributed by atoms with van der Waals surface area (Å²) < 4.78 is 29.8. The van der Waals surface area contributed by atoms with Gasteiger partial charge < -0.3 is 27.6 Å². The van der Waals surface area contributed by atoms with E-state index < -0.39 is 0 Å². The first-order chi connectivity index (χ1) is 23.6. The van der Waals surface area contributed by atoms with Crippen molar-refractivity contribution in [2.24, 2.45) is 0 Å². The van der Waals surface area contributed by atoms with Crippen LogP contribution in [0.4, 0.5) is 0 Å². The van der Waals surface area contributed by atoms with Gasteiger partial charge in [-0.15, -0.1) is 0 Å². The second-order valence-corrected chi connectivity index (χ2v) is 12.0. The van der Waals surface area contributed by atoms with Crippen LogP contribution in [0.3, 0.4) is 0 Å². The van der Waals surface area contributed by atoms with Crippen molar-refractivity contribution in [3.05, 3.63) is 89.8 Å². The Kier molecular flexibility index (Phi) is 7.74. The van der Waals surface area contributed by atoms with Crippen molar-refractivity contribution in [2.75, 3.05) is 33.9 Å². The fourth-order valence-corrected chi connectivity index (χ4v) is 6.84. The van der Waals surface area contributed by atoms with Crippen molar-refractivity contribution >= 4 is 33.3 Å². The summed E-state index contributed by atoms with van der Waals surface area (Å²) >= 11 is 0. The van der Waals surface area contributed by atoms with Crippen molar-refractivity contribution in [1.82, 2.24) is 19.9 Å². The molecule has 4 aromatic carbocycles. The molecule has 0 saturated carbocycles. The van der Waals surface area contributed by atoms with E-state index in [0.717, 1.165) is 55.7 Å². The highest BCUT2D eigenvalue weighted by Crippen LogP contribution is 2.42. The predicted molar refractivity (Wildman–Crippen MR) is 181 cm³/mol. The predicted octanol–water partition coefficient (Wildman–Crippen LogP) is 7.95. The number of ether oxygens (including phenoxy) is 2. The highest BCUT2D eigenvalue weighted by molar-refractivity contribution is 5.97. The van der Waals surface area contributed by atoms with E-state index in [-0.39, 0.29) is 6.42 Å². The Hall–Kier alpha value is -5.66. The molecular weight excluding hydrogens is 606 g/mol. The molecular formula is C38H33N5O5. The zero-order chi connectivity index (χ0) is 32.6. The molecule has 10 nitrogen and oxygen atoms in total. The number of fused-ring (bicyclic) bond motifs is 3. The third-order valence-electron chi connectivity index (χ3n) is 9.25. The first-order valence-electron chi connectivity index (χ1n) is 16.1. The zero-order valence-corrected chi connectivity index (χ0v) is 26.7. The molecule has 0 radical (unpaired) electrons. The number of methoxy groups -OCH3 is 2. The molecule has 0 unspecified atom stereocenters. The summed E-state index contributed by atoms with van der Waals surface area (Å²) in [5, 5.41) is 9.13. The van der Waals surface area contributed by atoms with E-state index in [4.69, 9.17) is 38.0 Å². The molecule has 1 aliphatic heterocycles. The summed E-state index contributed by atoms with van der Waals surface area (Å²) in [6, 6.07) is 25.7. The second-order valence-electron chi connectivity index (χ2n) is 12.0. The minimum atomic E-state index is 0.0752. The van der Waals surface area contributed by atoms with Gasteiger partial charge in [-0.3, -0.25) is 0 Å². The first-order valence-corrected chi connectivity index (χ1v) is 16.1. The Balaban J connectivity index is 1.09. The number of hydrogen-bond acceptors (Lipinski definition) is 10. The van der Waals surface area contributed by atoms with Gasteiger partial charge in [0.2, 0.25) is 17.7 Å². The Morgan fingerprint density at radius 3 is 2.29 bits per heavy atom. The molecule has 0 N–H and O–H groups in total. The molecule has 3 aromatic heterocycles. The lowest BCUT2D eigenvalue weighted by molar-refractivity contribution is 0.214. The van der Waals surface area contributed by atoms with Gasteiger partial charge in [-0.1, -0.05) is 36.4 Å². The highest BCUT2D eigenvalue weighted by Gasteiger charge is 2.27. The smallest absolute Gasteiger partial charge is 0.233 e. The van der Waals surface area contributed by atoms with Crippen molar-refractivity contribution in [3.63, 3.8) is 0 Å². The number of benzene rings is 4. The number of piperidine rings is 1. The molecule has 0 atom stereocenters. The quantitative estimate of drug-likeness (QED) is 0.154. The standard InChI is InChI=1S/C38H33N5O5/c1-44-27-10-4-3-7-24(27)18-22-43-20-16-23(17-21-43)25-8-5-12-30-34(25)41-38(48-30)33-28(45-2)13-14-31-36(33)42-37(47-31)26-9-6-11-29-35(26)40-32(46-29)15-19-39/h3-14,23H,15-18,20-22H2,1-2H3. The Morgan fingerprint density at radius 1 is 0.750 bits per heavy atom. The van der Waals surface area contributed by atoms with Crippen LogP contribution >= 0.6 is 0 Å². The summed E-state index contributed by atoms with van der Waals surface area (Å²) in [6.45, 7) is 3.04. The van der Waals surface area contributed by atoms with E-state index in [0.29, 0.717) is 62.7 Å². The van der Waals surface area contributed by atoms with Crippen LogP contribution in [0.1, 0.15) is 35.8 Å². The molecule has 0 amide bonds. The highest BCUT2D eigenvalue weighted by atomic mass is 16.5. The summed E-state index contributed by atoms with van der Waals surface area (Å²) in [6.07, 6.45) is 3.13. The third-order valence-corrected chi connectivity index (χ3v) is 9.25. The molecule has 1 aliphatic rings. The Morgan fingerprint density at radius 2 is 1.48 bits per heavy atom. The Labute approximate surface area is 276 Å². The van der Waals surface area contributed by atoms with E-state index in [9.17, 15) is 0 Å². The number of para-hydroxylation sites is 3. The molecule has 0 aliphatic carbocycles. The van der Waals surface area contributed by atoms with Gasteiger partial charge in [-0.25, -0.2) is 15.0 Å². The fourth-order valence-electron chi connectivity index (χ4n) is 6.84. The zero-order valence-electron chi connectivity index (χ0n) is 26.7. The molecule has 240 valence electrons. The van der Waals surface area contributed by atoms with Crippen molar-refractivity contribution in [2.45, 2.75) is 31.6 Å². The summed E-state index contributed by atoms with van der Waals surface area (Å²) in [7, 11) is 3.35. The van der Waals surface area contributed by atoms with Crippen LogP contribution in [0.15, 0.2) is 86.0 Å². The summed E-state index contributed by atoms with van der Waals surface area (Å²) in [5.74, 6) is 3.04. The first kappa shape index (κ1) is 29.7. The average Bonchev–Trinajstić information content (AvgIpc) is 3.87. The molecule has 48 heavy (non-hydrogen) atoms. The topological polar surface area (TPSA) is 124 Å². The monoisotopic (exact) mass is 639 g/mol. The lowest BCUT2D eigenvalue weighted by Gasteiger charge is -2.32. The summed E-state index contributed by atoms with van der Waals surface area (Å²) in [5.41, 5.74) is 7.58. The average molecular weight is 640 g/mol.